The Hall–Kier alpha value is -3.60. The Kier molecular flexibility index (Phi) is 8.64. The summed E-state index contributed by atoms with van der Waals surface area (Å²) in [4.78, 5) is 27.4. The number of hydrogen-bond donors (Lipinski definition) is 0. The summed E-state index contributed by atoms with van der Waals surface area (Å²) < 4.78 is 11.4. The van der Waals surface area contributed by atoms with Gasteiger partial charge in [0, 0.05) is 7.05 Å². The van der Waals surface area contributed by atoms with Crippen LogP contribution in [-0.2, 0) is 15.9 Å². The summed E-state index contributed by atoms with van der Waals surface area (Å²) >= 11 is 0. The van der Waals surface area contributed by atoms with E-state index in [1.165, 1.54) is 10.5 Å². The molecule has 2 atom stereocenters. The molecule has 3 rings (SSSR count). The molecule has 0 fully saturated rings. The number of hydrogen-bond acceptors (Lipinski definition) is 4. The number of benzene rings is 3. The Bertz CT molecular complexity index is 1020. The number of esters is 1. The number of nitrogens with zero attached hydrogens (tertiary/aromatic N) is 1. The molecular formula is C28H31NO4. The molecule has 0 aromatic heterocycles. The summed E-state index contributed by atoms with van der Waals surface area (Å²) in [7, 11) is 1.67. The van der Waals surface area contributed by atoms with Crippen LogP contribution >= 0.6 is 0 Å². The van der Waals surface area contributed by atoms with Crippen molar-refractivity contribution in [1.29, 1.82) is 0 Å². The normalized spacial score (nSPS) is 12.5. The number of carbonyl (C=O) groups is 2. The number of aryl methyl sites for hydroxylation is 1. The molecule has 5 heteroatoms. The van der Waals surface area contributed by atoms with Gasteiger partial charge in [-0.05, 0) is 42.2 Å². The van der Waals surface area contributed by atoms with E-state index in [1.54, 1.807) is 26.1 Å². The van der Waals surface area contributed by atoms with Gasteiger partial charge < -0.3 is 14.4 Å². The van der Waals surface area contributed by atoms with Gasteiger partial charge in [-0.15, -0.1) is 0 Å². The minimum absolute atomic E-state index is 0.255. The lowest BCUT2D eigenvalue weighted by molar-refractivity contribution is -0.000439. The molecular weight excluding hydrogens is 414 g/mol. The number of likely N-dealkylation sites (N-methyl/N-ethyl adjacent to an activating group) is 1. The van der Waals surface area contributed by atoms with Crippen molar-refractivity contribution < 1.29 is 19.1 Å². The number of ether oxygens (including phenoxy) is 2. The van der Waals surface area contributed by atoms with E-state index in [1.807, 2.05) is 72.8 Å². The zero-order chi connectivity index (χ0) is 23.6. The van der Waals surface area contributed by atoms with Crippen LogP contribution < -0.4 is 0 Å². The first kappa shape index (κ1) is 24.1. The first-order valence-corrected chi connectivity index (χ1v) is 11.3. The Labute approximate surface area is 196 Å². The molecule has 0 bridgehead atoms. The van der Waals surface area contributed by atoms with Crippen LogP contribution in [0.1, 0.15) is 59.5 Å². The van der Waals surface area contributed by atoms with Crippen LogP contribution in [-0.4, -0.2) is 30.6 Å². The van der Waals surface area contributed by atoms with Gasteiger partial charge in [-0.3, -0.25) is 0 Å². The molecule has 0 aliphatic carbocycles. The minimum atomic E-state index is -0.731. The van der Waals surface area contributed by atoms with Gasteiger partial charge in [0.2, 0.25) is 0 Å². The van der Waals surface area contributed by atoms with Crippen molar-refractivity contribution in [3.05, 3.63) is 107 Å². The van der Waals surface area contributed by atoms with Gasteiger partial charge in [-0.2, -0.15) is 0 Å². The lowest BCUT2D eigenvalue weighted by Crippen LogP contribution is -2.36. The van der Waals surface area contributed by atoms with Crippen molar-refractivity contribution in [1.82, 2.24) is 4.90 Å². The van der Waals surface area contributed by atoms with E-state index in [0.29, 0.717) is 5.56 Å². The lowest BCUT2D eigenvalue weighted by atomic mass is 9.94. The maximum atomic E-state index is 13.2. The molecule has 0 spiro atoms. The largest absolute Gasteiger partial charge is 0.451 e. The van der Waals surface area contributed by atoms with Crippen molar-refractivity contribution in [2.75, 3.05) is 13.7 Å². The highest BCUT2D eigenvalue weighted by Gasteiger charge is 2.35. The number of carbonyl (C=O) groups excluding carboxylic acids is 2. The van der Waals surface area contributed by atoms with Crippen LogP contribution in [0.25, 0.3) is 0 Å². The van der Waals surface area contributed by atoms with Crippen molar-refractivity contribution >= 4 is 12.1 Å². The predicted molar refractivity (Wildman–Crippen MR) is 129 cm³/mol. The predicted octanol–water partition coefficient (Wildman–Crippen LogP) is 6.37. The SMILES string of the molecule is CCCc1ccc(C(=O)OC(c2ccccc2)C(c2ccccc2)N(C)C(=O)OCC)cc1. The van der Waals surface area contributed by atoms with Gasteiger partial charge in [0.1, 0.15) is 6.04 Å². The lowest BCUT2D eigenvalue weighted by Gasteiger charge is -2.34. The highest BCUT2D eigenvalue weighted by molar-refractivity contribution is 5.89. The molecule has 0 aliphatic rings. The monoisotopic (exact) mass is 445 g/mol. The summed E-state index contributed by atoms with van der Waals surface area (Å²) in [6, 6.07) is 26.0. The van der Waals surface area contributed by atoms with Crippen LogP contribution in [0.15, 0.2) is 84.9 Å². The van der Waals surface area contributed by atoms with Gasteiger partial charge in [-0.25, -0.2) is 9.59 Å². The third kappa shape index (κ3) is 6.22. The molecule has 0 radical (unpaired) electrons. The number of amides is 1. The number of rotatable bonds is 9. The first-order chi connectivity index (χ1) is 16.0. The van der Waals surface area contributed by atoms with E-state index < -0.39 is 24.2 Å². The van der Waals surface area contributed by atoms with Gasteiger partial charge in [0.05, 0.1) is 12.2 Å². The van der Waals surface area contributed by atoms with Crippen LogP contribution in [0.4, 0.5) is 4.79 Å². The van der Waals surface area contributed by atoms with Gasteiger partial charge >= 0.3 is 12.1 Å². The van der Waals surface area contributed by atoms with E-state index in [9.17, 15) is 9.59 Å². The summed E-state index contributed by atoms with van der Waals surface area (Å²) in [5.74, 6) is -0.440. The van der Waals surface area contributed by atoms with Gasteiger partial charge in [0.25, 0.3) is 0 Å². The molecule has 2 unspecified atom stereocenters. The average molecular weight is 446 g/mol. The van der Waals surface area contributed by atoms with Gasteiger partial charge in [0.15, 0.2) is 6.10 Å². The molecule has 0 aliphatic heterocycles. The highest BCUT2D eigenvalue weighted by Crippen LogP contribution is 2.37. The van der Waals surface area contributed by atoms with Crippen molar-refractivity contribution in [2.45, 2.75) is 38.8 Å². The fraction of sp³-hybridized carbons (Fsp3) is 0.286. The molecule has 3 aromatic rings. The standard InChI is InChI=1S/C28H31NO4/c1-4-12-21-17-19-24(20-18-21)27(30)33-26(23-15-10-7-11-16-23)25(22-13-8-6-9-14-22)29(3)28(31)32-5-2/h6-11,13-20,25-26H,4-5,12H2,1-3H3. The second-order valence-corrected chi connectivity index (χ2v) is 7.85. The van der Waals surface area contributed by atoms with Crippen LogP contribution in [0.5, 0.6) is 0 Å². The molecule has 172 valence electrons. The van der Waals surface area contributed by atoms with Gasteiger partial charge in [-0.1, -0.05) is 86.1 Å². The van der Waals surface area contributed by atoms with Crippen LogP contribution in [0, 0.1) is 0 Å². The fourth-order valence-corrected chi connectivity index (χ4v) is 3.83. The molecule has 3 aromatic carbocycles. The van der Waals surface area contributed by atoms with E-state index in [2.05, 4.69) is 6.92 Å². The van der Waals surface area contributed by atoms with E-state index in [-0.39, 0.29) is 6.61 Å². The molecule has 33 heavy (non-hydrogen) atoms. The topological polar surface area (TPSA) is 55.8 Å². The molecule has 1 amide bonds. The second-order valence-electron chi connectivity index (χ2n) is 7.85. The zero-order valence-corrected chi connectivity index (χ0v) is 19.4. The zero-order valence-electron chi connectivity index (χ0n) is 19.4. The summed E-state index contributed by atoms with van der Waals surface area (Å²) in [5, 5.41) is 0. The van der Waals surface area contributed by atoms with Crippen LogP contribution in [0.2, 0.25) is 0 Å². The summed E-state index contributed by atoms with van der Waals surface area (Å²) in [6.07, 6.45) is 0.791. The fourth-order valence-electron chi connectivity index (χ4n) is 3.83. The van der Waals surface area contributed by atoms with Crippen molar-refractivity contribution in [3.63, 3.8) is 0 Å². The van der Waals surface area contributed by atoms with E-state index in [4.69, 9.17) is 9.47 Å². The molecule has 0 heterocycles. The maximum absolute atomic E-state index is 13.2. The Morgan fingerprint density at radius 2 is 1.39 bits per heavy atom. The first-order valence-electron chi connectivity index (χ1n) is 11.3. The average Bonchev–Trinajstić information content (AvgIpc) is 2.85. The quantitative estimate of drug-likeness (QED) is 0.359. The second kappa shape index (κ2) is 11.9. The Morgan fingerprint density at radius 3 is 1.94 bits per heavy atom. The van der Waals surface area contributed by atoms with Crippen LogP contribution in [0.3, 0.4) is 0 Å². The third-order valence-corrected chi connectivity index (χ3v) is 5.49. The molecule has 0 N–H and O–H groups in total. The third-order valence-electron chi connectivity index (χ3n) is 5.49. The summed E-state index contributed by atoms with van der Waals surface area (Å²) in [6.45, 7) is 4.14. The Morgan fingerprint density at radius 1 is 0.818 bits per heavy atom. The molecule has 0 saturated heterocycles. The Balaban J connectivity index is 1.99. The highest BCUT2D eigenvalue weighted by atomic mass is 16.6. The van der Waals surface area contributed by atoms with Crippen molar-refractivity contribution in [3.8, 4) is 0 Å². The minimum Gasteiger partial charge on any atom is -0.451 e. The van der Waals surface area contributed by atoms with E-state index >= 15 is 0 Å². The summed E-state index contributed by atoms with van der Waals surface area (Å²) in [5.41, 5.74) is 3.28. The molecule has 5 nitrogen and oxygen atoms in total. The van der Waals surface area contributed by atoms with Crippen molar-refractivity contribution in [2.24, 2.45) is 0 Å². The maximum Gasteiger partial charge on any atom is 0.410 e. The smallest absolute Gasteiger partial charge is 0.410 e. The van der Waals surface area contributed by atoms with E-state index in [0.717, 1.165) is 24.0 Å². The molecule has 0 saturated carbocycles.